The second-order valence-electron chi connectivity index (χ2n) is 4.12. The van der Waals surface area contributed by atoms with Crippen molar-refractivity contribution in [2.75, 3.05) is 12.8 Å². The average Bonchev–Trinajstić information content (AvgIpc) is 2.93. The van der Waals surface area contributed by atoms with Crippen molar-refractivity contribution in [1.82, 2.24) is 9.72 Å². The van der Waals surface area contributed by atoms with Gasteiger partial charge in [-0.15, -0.1) is 0 Å². The number of rotatable bonds is 2. The number of ether oxygens (including phenoxy) is 1. The predicted molar refractivity (Wildman–Crippen MR) is 69.4 cm³/mol. The maximum atomic E-state index is 5.85. The molecule has 2 heterocycles. The van der Waals surface area contributed by atoms with Crippen molar-refractivity contribution in [3.63, 3.8) is 0 Å². The van der Waals surface area contributed by atoms with Crippen LogP contribution >= 0.6 is 0 Å². The van der Waals surface area contributed by atoms with Crippen LogP contribution in [0.1, 0.15) is 0 Å². The summed E-state index contributed by atoms with van der Waals surface area (Å²) in [5.41, 5.74) is 8.30. The molecule has 2 N–H and O–H groups in total. The van der Waals surface area contributed by atoms with Crippen molar-refractivity contribution in [3.05, 3.63) is 30.6 Å². The molecule has 2 aromatic heterocycles. The summed E-state index contributed by atoms with van der Waals surface area (Å²) in [6.07, 6.45) is 3.47. The van der Waals surface area contributed by atoms with E-state index in [4.69, 9.17) is 15.0 Å². The van der Waals surface area contributed by atoms with Gasteiger partial charge in [0.05, 0.1) is 18.8 Å². The number of hydrogen-bond acceptors (Lipinski definition) is 4. The highest BCUT2D eigenvalue weighted by molar-refractivity contribution is 5.99. The second-order valence-corrected chi connectivity index (χ2v) is 4.12. The SMILES string of the molecule is COc1cccc2c(-c3oncc3N)cn(C)c12. The van der Waals surface area contributed by atoms with Crippen LogP contribution in [0.2, 0.25) is 0 Å². The minimum Gasteiger partial charge on any atom is -0.495 e. The summed E-state index contributed by atoms with van der Waals surface area (Å²) in [4.78, 5) is 0. The molecule has 3 rings (SSSR count). The van der Waals surface area contributed by atoms with Crippen LogP contribution < -0.4 is 10.5 Å². The molecule has 3 aromatic rings. The van der Waals surface area contributed by atoms with Gasteiger partial charge < -0.3 is 19.6 Å². The van der Waals surface area contributed by atoms with Crippen LogP contribution in [-0.4, -0.2) is 16.8 Å². The van der Waals surface area contributed by atoms with E-state index in [1.165, 1.54) is 6.20 Å². The first kappa shape index (κ1) is 10.7. The third kappa shape index (κ3) is 1.37. The number of aryl methyl sites for hydroxylation is 1. The fourth-order valence-corrected chi connectivity index (χ4v) is 2.23. The standard InChI is InChI=1S/C13H13N3O2/c1-16-7-9(13-10(14)6-15-18-13)8-4-3-5-11(17-2)12(8)16/h3-7H,14H2,1-2H3. The number of methoxy groups -OCH3 is 1. The molecule has 5 heteroatoms. The molecule has 0 fully saturated rings. The number of nitrogens with zero attached hydrogens (tertiary/aromatic N) is 2. The molecule has 0 radical (unpaired) electrons. The highest BCUT2D eigenvalue weighted by Crippen LogP contribution is 2.36. The van der Waals surface area contributed by atoms with Gasteiger partial charge in [-0.05, 0) is 6.07 Å². The van der Waals surface area contributed by atoms with E-state index < -0.39 is 0 Å². The lowest BCUT2D eigenvalue weighted by Gasteiger charge is -2.03. The van der Waals surface area contributed by atoms with Gasteiger partial charge in [-0.1, -0.05) is 17.3 Å². The lowest BCUT2D eigenvalue weighted by molar-refractivity contribution is 0.418. The highest BCUT2D eigenvalue weighted by atomic mass is 16.5. The maximum absolute atomic E-state index is 5.85. The monoisotopic (exact) mass is 243 g/mol. The van der Waals surface area contributed by atoms with Crippen LogP contribution in [0.5, 0.6) is 5.75 Å². The van der Waals surface area contributed by atoms with Gasteiger partial charge in [0.15, 0.2) is 5.76 Å². The number of hydrogen-bond donors (Lipinski definition) is 1. The van der Waals surface area contributed by atoms with Gasteiger partial charge in [-0.25, -0.2) is 0 Å². The average molecular weight is 243 g/mol. The maximum Gasteiger partial charge on any atom is 0.191 e. The summed E-state index contributed by atoms with van der Waals surface area (Å²) < 4.78 is 12.6. The predicted octanol–water partition coefficient (Wildman–Crippen LogP) is 2.42. The van der Waals surface area contributed by atoms with Crippen molar-refractivity contribution < 1.29 is 9.26 Å². The van der Waals surface area contributed by atoms with Gasteiger partial charge in [-0.3, -0.25) is 0 Å². The molecule has 18 heavy (non-hydrogen) atoms. The Kier molecular flexibility index (Phi) is 2.26. The molecule has 0 bridgehead atoms. The third-order valence-electron chi connectivity index (χ3n) is 3.03. The first-order valence-corrected chi connectivity index (χ1v) is 5.55. The summed E-state index contributed by atoms with van der Waals surface area (Å²) in [5.74, 6) is 1.41. The zero-order valence-electron chi connectivity index (χ0n) is 10.2. The molecule has 0 aliphatic heterocycles. The smallest absolute Gasteiger partial charge is 0.191 e. The van der Waals surface area contributed by atoms with Crippen molar-refractivity contribution in [2.24, 2.45) is 7.05 Å². The largest absolute Gasteiger partial charge is 0.495 e. The van der Waals surface area contributed by atoms with Gasteiger partial charge in [0.25, 0.3) is 0 Å². The van der Waals surface area contributed by atoms with Crippen molar-refractivity contribution in [3.8, 4) is 17.1 Å². The van der Waals surface area contributed by atoms with Crippen LogP contribution in [0.4, 0.5) is 5.69 Å². The molecule has 0 unspecified atom stereocenters. The zero-order chi connectivity index (χ0) is 12.7. The Morgan fingerprint density at radius 2 is 2.22 bits per heavy atom. The molecule has 0 amide bonds. The summed E-state index contributed by atoms with van der Waals surface area (Å²) in [6, 6.07) is 5.88. The molecular formula is C13H13N3O2. The van der Waals surface area contributed by atoms with Crippen LogP contribution in [-0.2, 0) is 7.05 Å². The Bertz CT molecular complexity index is 712. The molecule has 0 atom stereocenters. The van der Waals surface area contributed by atoms with Gasteiger partial charge >= 0.3 is 0 Å². The van der Waals surface area contributed by atoms with Crippen molar-refractivity contribution >= 4 is 16.6 Å². The quantitative estimate of drug-likeness (QED) is 0.750. The summed E-state index contributed by atoms with van der Waals surface area (Å²) in [5, 5.41) is 4.74. The third-order valence-corrected chi connectivity index (χ3v) is 3.03. The van der Waals surface area contributed by atoms with Crippen LogP contribution in [0.15, 0.2) is 35.1 Å². The molecule has 0 saturated carbocycles. The molecule has 0 aliphatic carbocycles. The Hall–Kier alpha value is -2.43. The lowest BCUT2D eigenvalue weighted by Crippen LogP contribution is -1.89. The zero-order valence-corrected chi connectivity index (χ0v) is 10.2. The number of para-hydroxylation sites is 1. The van der Waals surface area contributed by atoms with Gasteiger partial charge in [-0.2, -0.15) is 0 Å². The number of aromatic nitrogens is 2. The van der Waals surface area contributed by atoms with Gasteiger partial charge in [0.2, 0.25) is 0 Å². The number of anilines is 1. The van der Waals surface area contributed by atoms with E-state index in [0.29, 0.717) is 11.4 Å². The number of nitrogens with two attached hydrogens (primary N) is 1. The Morgan fingerprint density at radius 3 is 2.89 bits per heavy atom. The highest BCUT2D eigenvalue weighted by Gasteiger charge is 2.16. The Balaban J connectivity index is 2.36. The van der Waals surface area contributed by atoms with Crippen LogP contribution in [0.3, 0.4) is 0 Å². The fraction of sp³-hybridized carbons (Fsp3) is 0.154. The van der Waals surface area contributed by atoms with E-state index in [0.717, 1.165) is 22.2 Å². The van der Waals surface area contributed by atoms with E-state index in [2.05, 4.69) is 5.16 Å². The molecule has 0 spiro atoms. The molecule has 0 aliphatic rings. The number of nitrogen functional groups attached to an aromatic ring is 1. The first-order chi connectivity index (χ1) is 8.72. The molecule has 5 nitrogen and oxygen atoms in total. The van der Waals surface area contributed by atoms with Gasteiger partial charge in [0, 0.05) is 24.2 Å². The number of benzene rings is 1. The van der Waals surface area contributed by atoms with Crippen molar-refractivity contribution in [1.29, 1.82) is 0 Å². The van der Waals surface area contributed by atoms with E-state index in [1.807, 2.05) is 36.0 Å². The van der Waals surface area contributed by atoms with E-state index >= 15 is 0 Å². The second kappa shape index (κ2) is 3.80. The normalized spacial score (nSPS) is 11.0. The van der Waals surface area contributed by atoms with E-state index in [1.54, 1.807) is 7.11 Å². The minimum atomic E-state index is 0.533. The Morgan fingerprint density at radius 1 is 1.39 bits per heavy atom. The number of fused-ring (bicyclic) bond motifs is 1. The first-order valence-electron chi connectivity index (χ1n) is 5.55. The van der Waals surface area contributed by atoms with Crippen LogP contribution in [0.25, 0.3) is 22.2 Å². The van der Waals surface area contributed by atoms with Gasteiger partial charge in [0.1, 0.15) is 11.4 Å². The summed E-state index contributed by atoms with van der Waals surface area (Å²) in [6.45, 7) is 0. The summed E-state index contributed by atoms with van der Waals surface area (Å²) >= 11 is 0. The van der Waals surface area contributed by atoms with E-state index in [9.17, 15) is 0 Å². The summed E-state index contributed by atoms with van der Waals surface area (Å²) in [7, 11) is 3.62. The topological polar surface area (TPSA) is 66.2 Å². The fourth-order valence-electron chi connectivity index (χ4n) is 2.23. The molecular weight excluding hydrogens is 230 g/mol. The lowest BCUT2D eigenvalue weighted by atomic mass is 10.1. The minimum absolute atomic E-state index is 0.533. The van der Waals surface area contributed by atoms with E-state index in [-0.39, 0.29) is 0 Å². The Labute approximate surface area is 104 Å². The molecule has 1 aromatic carbocycles. The molecule has 0 saturated heterocycles. The van der Waals surface area contributed by atoms with Crippen LogP contribution in [0, 0.1) is 0 Å². The van der Waals surface area contributed by atoms with Crippen molar-refractivity contribution in [2.45, 2.75) is 0 Å². The molecule has 92 valence electrons.